The monoisotopic (exact) mass is 588 g/mol. The van der Waals surface area contributed by atoms with Crippen molar-refractivity contribution in [3.05, 3.63) is 56.7 Å². The third kappa shape index (κ3) is 4.95. The molecule has 1 aromatic carbocycles. The van der Waals surface area contributed by atoms with Crippen LogP contribution in [-0.4, -0.2) is 39.3 Å². The number of allylic oxidation sites excluding steroid dienone is 2. The van der Waals surface area contributed by atoms with Crippen LogP contribution in [0.4, 0.5) is 11.4 Å². The maximum atomic E-state index is 4.85. The van der Waals surface area contributed by atoms with E-state index in [2.05, 4.69) is 64.3 Å². The van der Waals surface area contributed by atoms with Crippen LogP contribution in [0.5, 0.6) is 0 Å². The Labute approximate surface area is 170 Å². The first-order chi connectivity index (χ1) is 12.4. The molecule has 0 saturated heterocycles. The molecule has 0 saturated carbocycles. The summed E-state index contributed by atoms with van der Waals surface area (Å²) in [5, 5.41) is 22.3. The summed E-state index contributed by atoms with van der Waals surface area (Å²) in [5.74, 6) is 0. The minimum absolute atomic E-state index is 0.784. The number of halogens is 1. The van der Waals surface area contributed by atoms with E-state index < -0.39 is 0 Å². The molecule has 3 aliphatic rings. The van der Waals surface area contributed by atoms with E-state index in [4.69, 9.17) is 10.6 Å². The normalized spacial score (nSPS) is 19.2. The molecule has 0 aromatic heterocycles. The van der Waals surface area contributed by atoms with Gasteiger partial charge in [-0.15, -0.1) is 22.8 Å². The second kappa shape index (κ2) is 9.87. The maximum absolute atomic E-state index is 4.85. The molecule has 1 aromatic rings. The first-order valence-corrected chi connectivity index (χ1v) is 20.4. The van der Waals surface area contributed by atoms with Crippen molar-refractivity contribution in [2.24, 2.45) is 0 Å². The second-order valence-electron chi connectivity index (χ2n) is 5.92. The zero-order chi connectivity index (χ0) is 17.5. The summed E-state index contributed by atoms with van der Waals surface area (Å²) in [6.07, 6.45) is 8.47. The Morgan fingerprint density at radius 1 is 0.680 bits per heavy atom. The third-order valence-electron chi connectivity index (χ3n) is 4.20. The molecule has 3 N–H and O–H groups in total. The first-order valence-electron chi connectivity index (χ1n) is 8.47. The Morgan fingerprint density at radius 2 is 1.12 bits per heavy atom. The summed E-state index contributed by atoms with van der Waals surface area (Å²) in [5.41, 5.74) is 4.11. The van der Waals surface area contributed by atoms with E-state index in [9.17, 15) is 0 Å². The molecule has 0 fully saturated rings. The minimum atomic E-state index is 0.784. The van der Waals surface area contributed by atoms with Gasteiger partial charge in [-0.05, 0) is 10.4 Å². The topological polar surface area (TPSA) is 64.3 Å². The fourth-order valence-corrected chi connectivity index (χ4v) is 2.96. The number of hydrogen-bond acceptors (Lipinski definition) is 3. The van der Waals surface area contributed by atoms with Gasteiger partial charge in [-0.25, -0.2) is 0 Å². The van der Waals surface area contributed by atoms with E-state index in [1.165, 1.54) is 0 Å². The predicted molar refractivity (Wildman–Crippen MR) is 104 cm³/mol. The van der Waals surface area contributed by atoms with E-state index in [0.717, 1.165) is 96.2 Å². The standard InChI is InChI=1S/C18H21N5.BrH.Hg/c1-2-14-4-6-16-12-21-10-8-19-7-9-20-11-15-5-3-13(1)17(22-15)18(14)23-16;;/h1-6,19-21H,7-12H2;1H;/q-2;;+2/p-1. The van der Waals surface area contributed by atoms with E-state index in [-0.39, 0.29) is 0 Å². The van der Waals surface area contributed by atoms with Crippen molar-refractivity contribution in [1.82, 2.24) is 16.0 Å². The molecular weight excluding hydrogens is 567 g/mol. The Hall–Kier alpha value is -0.665. The van der Waals surface area contributed by atoms with Gasteiger partial charge in [0.15, 0.2) is 0 Å². The van der Waals surface area contributed by atoms with Crippen LogP contribution in [0.2, 0.25) is 0 Å². The van der Waals surface area contributed by atoms with E-state index in [0.29, 0.717) is 0 Å². The van der Waals surface area contributed by atoms with Gasteiger partial charge in [0.2, 0.25) is 0 Å². The van der Waals surface area contributed by atoms with Gasteiger partial charge in [0.05, 0.1) is 0 Å². The summed E-state index contributed by atoms with van der Waals surface area (Å²) in [7, 11) is 0. The van der Waals surface area contributed by atoms with Crippen molar-refractivity contribution in [1.29, 1.82) is 0 Å². The van der Waals surface area contributed by atoms with Gasteiger partial charge in [-0.1, -0.05) is 36.4 Å². The van der Waals surface area contributed by atoms with Crippen molar-refractivity contribution in [3.63, 3.8) is 0 Å². The van der Waals surface area contributed by atoms with Crippen molar-refractivity contribution in [2.75, 3.05) is 39.3 Å². The molecule has 0 unspecified atom stereocenters. The molecular formula is C18H21BrHgN5-. The summed E-state index contributed by atoms with van der Waals surface area (Å²) in [6.45, 7) is 5.38. The average molecular weight is 588 g/mol. The fraction of sp³-hybridized carbons (Fsp3) is 0.333. The Morgan fingerprint density at radius 3 is 1.60 bits per heavy atom. The van der Waals surface area contributed by atoms with Crippen LogP contribution in [0, 0.1) is 0 Å². The van der Waals surface area contributed by atoms with Crippen LogP contribution in [0.15, 0.2) is 35.7 Å². The summed E-state index contributed by atoms with van der Waals surface area (Å²) < 4.78 is 0. The van der Waals surface area contributed by atoms with Crippen molar-refractivity contribution in [3.8, 4) is 0 Å². The van der Waals surface area contributed by atoms with Gasteiger partial charge >= 0.3 is 35.6 Å². The average Bonchev–Trinajstić information content (AvgIpc) is 2.68. The van der Waals surface area contributed by atoms with Gasteiger partial charge in [0, 0.05) is 39.3 Å². The van der Waals surface area contributed by atoms with Crippen molar-refractivity contribution < 1.29 is 23.7 Å². The van der Waals surface area contributed by atoms with Gasteiger partial charge in [-0.2, -0.15) is 0 Å². The number of nitrogens with zero attached hydrogens (tertiary/aromatic N) is 2. The van der Waals surface area contributed by atoms with Crippen LogP contribution >= 0.6 is 11.9 Å². The Balaban J connectivity index is 0.000000880. The Bertz CT molecular complexity index is 722. The van der Waals surface area contributed by atoms with Crippen LogP contribution < -0.4 is 26.4 Å². The number of rotatable bonds is 0. The molecule has 0 amide bonds. The fourth-order valence-electron chi connectivity index (χ4n) is 2.96. The molecule has 4 bridgehead atoms. The van der Waals surface area contributed by atoms with E-state index >= 15 is 0 Å². The van der Waals surface area contributed by atoms with Crippen LogP contribution in [-0.2, 0) is 23.7 Å². The third-order valence-corrected chi connectivity index (χ3v) is 4.20. The molecule has 0 radical (unpaired) electrons. The van der Waals surface area contributed by atoms with Gasteiger partial charge in [0.1, 0.15) is 0 Å². The predicted octanol–water partition coefficient (Wildman–Crippen LogP) is 1.68. The molecule has 3 aliphatic heterocycles. The summed E-state index contributed by atoms with van der Waals surface area (Å²) in [6, 6.07) is 4.25. The second-order valence-corrected chi connectivity index (χ2v) is 5.92. The Kier molecular flexibility index (Phi) is 7.55. The van der Waals surface area contributed by atoms with Gasteiger partial charge in [0.25, 0.3) is 0 Å². The van der Waals surface area contributed by atoms with Crippen LogP contribution in [0.1, 0.15) is 0 Å². The number of fused-ring (bicyclic) bond motifs is 2. The van der Waals surface area contributed by atoms with Crippen LogP contribution in [0.25, 0.3) is 22.8 Å². The van der Waals surface area contributed by atoms with E-state index in [1.807, 2.05) is 0 Å². The van der Waals surface area contributed by atoms with Crippen molar-refractivity contribution in [2.45, 2.75) is 0 Å². The van der Waals surface area contributed by atoms with Crippen molar-refractivity contribution >= 4 is 35.4 Å². The zero-order valence-corrected chi connectivity index (χ0v) is 21.3. The summed E-state index contributed by atoms with van der Waals surface area (Å²) in [4.78, 5) is 0. The molecule has 0 spiro atoms. The molecule has 7 heteroatoms. The first kappa shape index (κ1) is 19.1. The van der Waals surface area contributed by atoms with E-state index in [1.54, 1.807) is 0 Å². The van der Waals surface area contributed by atoms with Gasteiger partial charge in [-0.3, -0.25) is 0 Å². The molecule has 25 heavy (non-hydrogen) atoms. The molecule has 4 rings (SSSR count). The molecule has 5 nitrogen and oxygen atoms in total. The quantitative estimate of drug-likeness (QED) is 0.405. The molecule has 0 atom stereocenters. The van der Waals surface area contributed by atoms with Crippen LogP contribution in [0.3, 0.4) is 0 Å². The number of benzene rings is 1. The number of nitrogens with one attached hydrogen (secondary N) is 3. The van der Waals surface area contributed by atoms with Gasteiger partial charge < -0.3 is 26.6 Å². The zero-order valence-electron chi connectivity index (χ0n) is 14.2. The number of hydrogen-bond donors (Lipinski definition) is 3. The molecule has 3 heterocycles. The summed E-state index contributed by atoms with van der Waals surface area (Å²) >= 11 is 3.97. The molecule has 128 valence electrons. The SMILES string of the molecule is C1=C2CNCCNCCNCC3=CC=c4ccc(c(c4[N-]3)[N-]2)=C1.[Br][Hg+]. The molecule has 0 aliphatic carbocycles.